The third-order valence-electron chi connectivity index (χ3n) is 4.57. The number of ether oxygens (including phenoxy) is 1. The number of nitrogens with one attached hydrogen (secondary N) is 1. The van der Waals surface area contributed by atoms with E-state index in [1.165, 1.54) is 0 Å². The molecule has 0 atom stereocenters. The SMILES string of the molecule is CCN(C(=O)c1ccc(NC(=O)Cc2ccc(OC)cc2)cc1)c1ccccc1. The number of amides is 2. The average molecular weight is 388 g/mol. The number of carbonyl (C=O) groups excluding carboxylic acids is 2. The highest BCUT2D eigenvalue weighted by Crippen LogP contribution is 2.18. The van der Waals surface area contributed by atoms with E-state index in [1.807, 2.05) is 61.5 Å². The topological polar surface area (TPSA) is 58.6 Å². The summed E-state index contributed by atoms with van der Waals surface area (Å²) in [6.45, 7) is 2.52. The van der Waals surface area contributed by atoms with Gasteiger partial charge in [-0.2, -0.15) is 0 Å². The molecule has 0 aliphatic heterocycles. The number of hydrogen-bond acceptors (Lipinski definition) is 3. The van der Waals surface area contributed by atoms with E-state index in [0.717, 1.165) is 17.0 Å². The van der Waals surface area contributed by atoms with Gasteiger partial charge in [0, 0.05) is 23.5 Å². The summed E-state index contributed by atoms with van der Waals surface area (Å²) in [5.41, 5.74) is 2.99. The molecule has 0 fully saturated rings. The van der Waals surface area contributed by atoms with Crippen LogP contribution < -0.4 is 15.0 Å². The molecule has 0 radical (unpaired) electrons. The summed E-state index contributed by atoms with van der Waals surface area (Å²) in [5.74, 6) is 0.564. The van der Waals surface area contributed by atoms with Crippen LogP contribution in [0.2, 0.25) is 0 Å². The van der Waals surface area contributed by atoms with Crippen LogP contribution in [0, 0.1) is 0 Å². The van der Waals surface area contributed by atoms with Crippen LogP contribution in [0.3, 0.4) is 0 Å². The average Bonchev–Trinajstić information content (AvgIpc) is 2.76. The predicted molar refractivity (Wildman–Crippen MR) is 116 cm³/mol. The van der Waals surface area contributed by atoms with E-state index < -0.39 is 0 Å². The molecule has 0 unspecified atom stereocenters. The van der Waals surface area contributed by atoms with Gasteiger partial charge in [0.25, 0.3) is 5.91 Å². The first-order valence-electron chi connectivity index (χ1n) is 9.50. The Labute approximate surface area is 170 Å². The predicted octanol–water partition coefficient (Wildman–Crippen LogP) is 4.54. The van der Waals surface area contributed by atoms with Crippen LogP contribution in [0.4, 0.5) is 11.4 Å². The Morgan fingerprint density at radius 1 is 0.897 bits per heavy atom. The summed E-state index contributed by atoms with van der Waals surface area (Å²) in [6, 6.07) is 23.9. The molecular formula is C24H24N2O3. The van der Waals surface area contributed by atoms with Crippen molar-refractivity contribution < 1.29 is 14.3 Å². The Bertz CT molecular complexity index is 952. The number of carbonyl (C=O) groups is 2. The Morgan fingerprint density at radius 3 is 2.14 bits per heavy atom. The van der Waals surface area contributed by atoms with Gasteiger partial charge in [-0.05, 0) is 61.0 Å². The number of anilines is 2. The minimum absolute atomic E-state index is 0.0743. The quantitative estimate of drug-likeness (QED) is 0.646. The summed E-state index contributed by atoms with van der Waals surface area (Å²) in [5, 5.41) is 2.86. The Morgan fingerprint density at radius 2 is 1.55 bits per heavy atom. The summed E-state index contributed by atoms with van der Waals surface area (Å²) in [6.07, 6.45) is 0.266. The Hall–Kier alpha value is -3.60. The van der Waals surface area contributed by atoms with Gasteiger partial charge >= 0.3 is 0 Å². The van der Waals surface area contributed by atoms with Crippen LogP contribution in [-0.2, 0) is 11.2 Å². The van der Waals surface area contributed by atoms with E-state index in [-0.39, 0.29) is 18.2 Å². The van der Waals surface area contributed by atoms with Crippen molar-refractivity contribution in [3.63, 3.8) is 0 Å². The number of rotatable bonds is 7. The van der Waals surface area contributed by atoms with Crippen molar-refractivity contribution in [2.45, 2.75) is 13.3 Å². The van der Waals surface area contributed by atoms with Gasteiger partial charge in [-0.15, -0.1) is 0 Å². The maximum Gasteiger partial charge on any atom is 0.258 e. The second kappa shape index (κ2) is 9.55. The maximum absolute atomic E-state index is 12.8. The molecule has 0 saturated carbocycles. The fraction of sp³-hybridized carbons (Fsp3) is 0.167. The Kier molecular flexibility index (Phi) is 6.63. The third-order valence-corrected chi connectivity index (χ3v) is 4.57. The lowest BCUT2D eigenvalue weighted by atomic mass is 10.1. The lowest BCUT2D eigenvalue weighted by molar-refractivity contribution is -0.115. The molecule has 0 aliphatic carbocycles. The highest BCUT2D eigenvalue weighted by molar-refractivity contribution is 6.06. The number of methoxy groups -OCH3 is 1. The van der Waals surface area contributed by atoms with Crippen molar-refractivity contribution in [2.75, 3.05) is 23.9 Å². The van der Waals surface area contributed by atoms with E-state index in [1.54, 1.807) is 36.3 Å². The zero-order valence-electron chi connectivity index (χ0n) is 16.6. The number of nitrogens with zero attached hydrogens (tertiary/aromatic N) is 1. The van der Waals surface area contributed by atoms with E-state index in [9.17, 15) is 9.59 Å². The van der Waals surface area contributed by atoms with Gasteiger partial charge in [-0.3, -0.25) is 9.59 Å². The van der Waals surface area contributed by atoms with Crippen molar-refractivity contribution >= 4 is 23.2 Å². The van der Waals surface area contributed by atoms with Crippen molar-refractivity contribution in [1.29, 1.82) is 0 Å². The molecule has 1 N–H and O–H groups in total. The highest BCUT2D eigenvalue weighted by atomic mass is 16.5. The van der Waals surface area contributed by atoms with E-state index in [4.69, 9.17) is 4.74 Å². The fourth-order valence-corrected chi connectivity index (χ4v) is 3.04. The molecule has 0 saturated heterocycles. The summed E-state index contributed by atoms with van der Waals surface area (Å²) in [7, 11) is 1.61. The van der Waals surface area contributed by atoms with Crippen molar-refractivity contribution in [1.82, 2.24) is 0 Å². The van der Waals surface area contributed by atoms with Crippen LogP contribution in [0.1, 0.15) is 22.8 Å². The van der Waals surface area contributed by atoms with Gasteiger partial charge in [0.1, 0.15) is 5.75 Å². The zero-order valence-corrected chi connectivity index (χ0v) is 16.6. The lowest BCUT2D eigenvalue weighted by Gasteiger charge is -2.21. The molecule has 0 aromatic heterocycles. The highest BCUT2D eigenvalue weighted by Gasteiger charge is 2.16. The van der Waals surface area contributed by atoms with Crippen molar-refractivity contribution in [3.05, 3.63) is 90.0 Å². The standard InChI is InChI=1S/C24H24N2O3/c1-3-26(21-7-5-4-6-8-21)24(28)19-11-13-20(14-12-19)25-23(27)17-18-9-15-22(29-2)16-10-18/h4-16H,3,17H2,1-2H3,(H,25,27). The number of para-hydroxylation sites is 1. The molecule has 2 amide bonds. The molecule has 3 aromatic carbocycles. The van der Waals surface area contributed by atoms with Gasteiger partial charge in [-0.1, -0.05) is 30.3 Å². The molecule has 3 rings (SSSR count). The van der Waals surface area contributed by atoms with Gasteiger partial charge in [0.05, 0.1) is 13.5 Å². The summed E-state index contributed by atoms with van der Waals surface area (Å²) < 4.78 is 5.12. The summed E-state index contributed by atoms with van der Waals surface area (Å²) >= 11 is 0. The van der Waals surface area contributed by atoms with Crippen LogP contribution in [-0.4, -0.2) is 25.5 Å². The minimum Gasteiger partial charge on any atom is -0.497 e. The van der Waals surface area contributed by atoms with E-state index in [0.29, 0.717) is 17.8 Å². The zero-order chi connectivity index (χ0) is 20.6. The molecule has 5 heteroatoms. The fourth-order valence-electron chi connectivity index (χ4n) is 3.04. The second-order valence-electron chi connectivity index (χ2n) is 6.54. The molecule has 5 nitrogen and oxygen atoms in total. The maximum atomic E-state index is 12.8. The van der Waals surface area contributed by atoms with Gasteiger partial charge in [-0.25, -0.2) is 0 Å². The normalized spacial score (nSPS) is 10.3. The lowest BCUT2D eigenvalue weighted by Crippen LogP contribution is -2.30. The molecular weight excluding hydrogens is 364 g/mol. The molecule has 0 aliphatic rings. The first kappa shape index (κ1) is 20.1. The van der Waals surface area contributed by atoms with Gasteiger partial charge in [0.2, 0.25) is 5.91 Å². The molecule has 148 valence electrons. The molecule has 29 heavy (non-hydrogen) atoms. The number of benzene rings is 3. The largest absolute Gasteiger partial charge is 0.497 e. The Balaban J connectivity index is 1.63. The first-order chi connectivity index (χ1) is 14.1. The monoisotopic (exact) mass is 388 g/mol. The second-order valence-corrected chi connectivity index (χ2v) is 6.54. The molecule has 0 bridgehead atoms. The molecule has 0 spiro atoms. The van der Waals surface area contributed by atoms with Crippen LogP contribution in [0.5, 0.6) is 5.75 Å². The van der Waals surface area contributed by atoms with Gasteiger partial charge < -0.3 is 15.0 Å². The van der Waals surface area contributed by atoms with E-state index >= 15 is 0 Å². The minimum atomic E-state index is -0.117. The third kappa shape index (κ3) is 5.23. The van der Waals surface area contributed by atoms with Gasteiger partial charge in [0.15, 0.2) is 0 Å². The molecule has 0 heterocycles. The van der Waals surface area contributed by atoms with Crippen LogP contribution in [0.15, 0.2) is 78.9 Å². The molecule has 3 aromatic rings. The van der Waals surface area contributed by atoms with Crippen LogP contribution >= 0.6 is 0 Å². The van der Waals surface area contributed by atoms with Crippen molar-refractivity contribution in [2.24, 2.45) is 0 Å². The first-order valence-corrected chi connectivity index (χ1v) is 9.50. The van der Waals surface area contributed by atoms with E-state index in [2.05, 4.69) is 5.32 Å². The van der Waals surface area contributed by atoms with Crippen LogP contribution in [0.25, 0.3) is 0 Å². The van der Waals surface area contributed by atoms with Crippen molar-refractivity contribution in [3.8, 4) is 5.75 Å². The number of hydrogen-bond donors (Lipinski definition) is 1. The summed E-state index contributed by atoms with van der Waals surface area (Å²) in [4.78, 5) is 26.8. The smallest absolute Gasteiger partial charge is 0.258 e.